The van der Waals surface area contributed by atoms with Crippen LogP contribution >= 0.6 is 0 Å². The monoisotopic (exact) mass is 283 g/mol. The Morgan fingerprint density at radius 3 is 2.00 bits per heavy atom. The van der Waals surface area contributed by atoms with E-state index in [-0.39, 0.29) is 0 Å². The average Bonchev–Trinajstić information content (AvgIpc) is 2.24. The van der Waals surface area contributed by atoms with E-state index in [2.05, 4.69) is 0 Å². The second-order valence-corrected chi connectivity index (χ2v) is 3.92. The van der Waals surface area contributed by atoms with Gasteiger partial charge in [-0.25, -0.2) is 13.6 Å². The molecule has 0 radical (unpaired) electrons. The lowest BCUT2D eigenvalue weighted by molar-refractivity contribution is -0.143. The molecule has 1 aromatic rings. The Labute approximate surface area is 105 Å². The molecule has 0 saturated carbocycles. The first-order valence-electron chi connectivity index (χ1n) is 5.07. The van der Waals surface area contributed by atoms with Crippen molar-refractivity contribution in [1.29, 1.82) is 0 Å². The van der Waals surface area contributed by atoms with Gasteiger partial charge in [0.15, 0.2) is 0 Å². The third-order valence-electron chi connectivity index (χ3n) is 2.70. The summed E-state index contributed by atoms with van der Waals surface area (Å²) in [7, 11) is 1.01. The minimum atomic E-state index is -4.58. The maximum atomic E-state index is 13.4. The molecule has 1 N–H and O–H groups in total. The van der Waals surface area contributed by atoms with Crippen LogP contribution in [0.5, 0.6) is 0 Å². The molecule has 0 aliphatic rings. The summed E-state index contributed by atoms with van der Waals surface area (Å²) in [5.41, 5.74) is -1.60. The van der Waals surface area contributed by atoms with Crippen molar-refractivity contribution >= 4 is 11.7 Å². The number of hydrogen-bond donors (Lipinski definition) is 1. The van der Waals surface area contributed by atoms with Gasteiger partial charge < -0.3 is 10.0 Å². The molecule has 0 fully saturated rings. The zero-order chi connectivity index (χ0) is 15.0. The second kappa shape index (κ2) is 5.02. The Bertz CT molecular complexity index is 477. The highest BCUT2D eigenvalue weighted by Gasteiger charge is 2.39. The Balaban J connectivity index is 3.21. The van der Waals surface area contributed by atoms with E-state index in [9.17, 15) is 26.7 Å². The van der Waals surface area contributed by atoms with E-state index in [0.717, 1.165) is 14.0 Å². The molecular formula is C11H10F5NO2. The normalized spacial score (nSPS) is 13.2. The third kappa shape index (κ3) is 3.12. The first kappa shape index (κ1) is 15.2. The van der Waals surface area contributed by atoms with Gasteiger partial charge in [0.2, 0.25) is 0 Å². The number of rotatable bonds is 3. The predicted octanol–water partition coefficient (Wildman–Crippen LogP) is 3.05. The first-order valence-corrected chi connectivity index (χ1v) is 5.07. The van der Waals surface area contributed by atoms with Crippen LogP contribution in [0, 0.1) is 11.6 Å². The van der Waals surface area contributed by atoms with Gasteiger partial charge in [-0.1, -0.05) is 0 Å². The highest BCUT2D eigenvalue weighted by atomic mass is 19.4. The van der Waals surface area contributed by atoms with E-state index >= 15 is 0 Å². The molecule has 8 heteroatoms. The fraction of sp³-hybridized carbons (Fsp3) is 0.364. The van der Waals surface area contributed by atoms with Crippen molar-refractivity contribution in [3.63, 3.8) is 0 Å². The number of carboxylic acid groups (broad SMARTS) is 1. The molecule has 0 saturated heterocycles. The van der Waals surface area contributed by atoms with Gasteiger partial charge >= 0.3 is 12.1 Å². The Morgan fingerprint density at radius 2 is 1.68 bits per heavy atom. The van der Waals surface area contributed by atoms with Gasteiger partial charge in [-0.3, -0.25) is 0 Å². The van der Waals surface area contributed by atoms with Gasteiger partial charge in [-0.2, -0.15) is 13.2 Å². The lowest BCUT2D eigenvalue weighted by Crippen LogP contribution is -2.41. The maximum Gasteiger partial charge on any atom is 0.408 e. The van der Waals surface area contributed by atoms with Crippen LogP contribution in [0.25, 0.3) is 0 Å². The summed E-state index contributed by atoms with van der Waals surface area (Å²) < 4.78 is 64.1. The molecule has 3 nitrogen and oxygen atoms in total. The summed E-state index contributed by atoms with van der Waals surface area (Å²) in [6.45, 7) is 0.820. The average molecular weight is 283 g/mol. The number of nitrogens with zero attached hydrogens (tertiary/aromatic N) is 1. The van der Waals surface area contributed by atoms with E-state index in [0.29, 0.717) is 17.0 Å². The van der Waals surface area contributed by atoms with E-state index in [1.165, 1.54) is 0 Å². The Hall–Kier alpha value is -1.86. The molecule has 0 aliphatic carbocycles. The molecule has 19 heavy (non-hydrogen) atoms. The first-order chi connectivity index (χ1) is 8.55. The van der Waals surface area contributed by atoms with Crippen LogP contribution < -0.4 is 4.90 Å². The smallest absolute Gasteiger partial charge is 0.408 e. The van der Waals surface area contributed by atoms with E-state index in [4.69, 9.17) is 5.11 Å². The number of alkyl halides is 3. The highest BCUT2D eigenvalue weighted by Crippen LogP contribution is 2.29. The molecule has 0 bridgehead atoms. The Morgan fingerprint density at radius 1 is 1.26 bits per heavy atom. The minimum absolute atomic E-state index is 0.398. The molecule has 1 aromatic carbocycles. The second-order valence-electron chi connectivity index (χ2n) is 3.92. The van der Waals surface area contributed by atoms with Gasteiger partial charge in [0.05, 0.1) is 0 Å². The lowest BCUT2D eigenvalue weighted by atomic mass is 10.1. The molecule has 0 heterocycles. The van der Waals surface area contributed by atoms with E-state index in [1.807, 2.05) is 0 Å². The van der Waals surface area contributed by atoms with Gasteiger partial charge in [0.25, 0.3) is 0 Å². The lowest BCUT2D eigenvalue weighted by Gasteiger charge is -2.28. The van der Waals surface area contributed by atoms with Crippen molar-refractivity contribution in [3.8, 4) is 0 Å². The summed E-state index contributed by atoms with van der Waals surface area (Å²) in [5, 5.41) is 8.54. The molecule has 1 unspecified atom stereocenters. The summed E-state index contributed by atoms with van der Waals surface area (Å²) >= 11 is 0. The summed E-state index contributed by atoms with van der Waals surface area (Å²) in [6.07, 6.45) is -4.58. The number of carbonyl (C=O) groups is 1. The van der Waals surface area contributed by atoms with Crippen molar-refractivity contribution in [1.82, 2.24) is 0 Å². The van der Waals surface area contributed by atoms with Crippen LogP contribution in [-0.4, -0.2) is 30.3 Å². The van der Waals surface area contributed by atoms with Gasteiger partial charge in [-0.05, 0) is 19.1 Å². The van der Waals surface area contributed by atoms with Crippen LogP contribution in [0.1, 0.15) is 17.3 Å². The topological polar surface area (TPSA) is 40.5 Å². The minimum Gasteiger partial charge on any atom is -0.477 e. The maximum absolute atomic E-state index is 13.4. The molecule has 1 atom stereocenters. The number of benzene rings is 1. The molecule has 106 valence electrons. The van der Waals surface area contributed by atoms with Crippen molar-refractivity contribution in [2.45, 2.75) is 19.1 Å². The SMILES string of the molecule is CC(N(C)c1cc(F)c(C(=O)O)c(F)c1)C(F)(F)F. The molecule has 0 amide bonds. The number of carboxylic acids is 1. The standard InChI is InChI=1S/C11H10F5NO2/c1-5(11(14,15)16)17(2)6-3-7(12)9(10(18)19)8(13)4-6/h3-5H,1-2H3,(H,18,19). The predicted molar refractivity (Wildman–Crippen MR) is 57.2 cm³/mol. The quantitative estimate of drug-likeness (QED) is 0.867. The summed E-state index contributed by atoms with van der Waals surface area (Å²) in [5.74, 6) is -4.68. The van der Waals surface area contributed by atoms with Crippen molar-refractivity contribution in [2.75, 3.05) is 11.9 Å². The van der Waals surface area contributed by atoms with Gasteiger partial charge in [0.1, 0.15) is 23.2 Å². The highest BCUT2D eigenvalue weighted by molar-refractivity contribution is 5.88. The zero-order valence-corrected chi connectivity index (χ0v) is 9.92. The molecular weight excluding hydrogens is 273 g/mol. The molecule has 0 aromatic heterocycles. The molecule has 0 spiro atoms. The number of halogens is 5. The third-order valence-corrected chi connectivity index (χ3v) is 2.70. The van der Waals surface area contributed by atoms with Gasteiger partial charge in [-0.15, -0.1) is 0 Å². The van der Waals surface area contributed by atoms with E-state index in [1.54, 1.807) is 0 Å². The van der Waals surface area contributed by atoms with Crippen LogP contribution in [0.4, 0.5) is 27.6 Å². The van der Waals surface area contributed by atoms with Gasteiger partial charge in [0, 0.05) is 12.7 Å². The molecule has 1 rings (SSSR count). The fourth-order valence-electron chi connectivity index (χ4n) is 1.41. The van der Waals surface area contributed by atoms with Crippen molar-refractivity contribution < 1.29 is 31.9 Å². The summed E-state index contributed by atoms with van der Waals surface area (Å²) in [6, 6.07) is -0.870. The number of anilines is 1. The van der Waals surface area contributed by atoms with E-state index < -0.39 is 41.1 Å². The largest absolute Gasteiger partial charge is 0.477 e. The van der Waals surface area contributed by atoms with Crippen LogP contribution in [0.2, 0.25) is 0 Å². The molecule has 0 aliphatic heterocycles. The van der Waals surface area contributed by atoms with Crippen LogP contribution in [-0.2, 0) is 0 Å². The summed E-state index contributed by atoms with van der Waals surface area (Å²) in [4.78, 5) is 11.2. The Kier molecular flexibility index (Phi) is 4.02. The number of hydrogen-bond acceptors (Lipinski definition) is 2. The fourth-order valence-corrected chi connectivity index (χ4v) is 1.41. The van der Waals surface area contributed by atoms with Crippen molar-refractivity contribution in [3.05, 3.63) is 29.3 Å². The van der Waals surface area contributed by atoms with Crippen LogP contribution in [0.15, 0.2) is 12.1 Å². The van der Waals surface area contributed by atoms with Crippen molar-refractivity contribution in [2.24, 2.45) is 0 Å². The number of aromatic carboxylic acids is 1. The zero-order valence-electron chi connectivity index (χ0n) is 9.92. The van der Waals surface area contributed by atoms with Crippen LogP contribution in [0.3, 0.4) is 0 Å².